The van der Waals surface area contributed by atoms with Gasteiger partial charge in [-0.1, -0.05) is 30.3 Å². The first-order chi connectivity index (χ1) is 20.6. The summed E-state index contributed by atoms with van der Waals surface area (Å²) in [4.78, 5) is 9.29. The predicted molar refractivity (Wildman–Crippen MR) is 143 cm³/mol. The molecule has 1 unspecified atom stereocenters. The lowest BCUT2D eigenvalue weighted by molar-refractivity contribution is -0.392. The normalized spacial score (nSPS) is 19.3. The third kappa shape index (κ3) is 6.79. The van der Waals surface area contributed by atoms with Gasteiger partial charge in [0.15, 0.2) is 0 Å². The molecule has 4 rings (SSSR count). The van der Waals surface area contributed by atoms with E-state index in [1.807, 2.05) is 0 Å². The summed E-state index contributed by atoms with van der Waals surface area (Å²) in [6.45, 7) is -1.67. The summed E-state index contributed by atoms with van der Waals surface area (Å²) in [6.07, 6.45) is -11.1. The third-order valence-corrected chi connectivity index (χ3v) is 9.15. The van der Waals surface area contributed by atoms with E-state index in [9.17, 15) is 43.7 Å². The van der Waals surface area contributed by atoms with Crippen LogP contribution >= 0.6 is 0 Å². The number of halogens is 9. The lowest BCUT2D eigenvalue weighted by atomic mass is 9.74. The zero-order valence-electron chi connectivity index (χ0n) is 23.2. The molecule has 1 fully saturated rings. The summed E-state index contributed by atoms with van der Waals surface area (Å²) in [7, 11) is 1.37. The predicted octanol–water partition coefficient (Wildman–Crippen LogP) is 6.39. The summed E-state index contributed by atoms with van der Waals surface area (Å²) in [5, 5.41) is 5.23. The molecule has 3 aromatic carbocycles. The second-order valence-electron chi connectivity index (χ2n) is 9.76. The van der Waals surface area contributed by atoms with Crippen LogP contribution in [-0.2, 0) is 37.3 Å². The van der Waals surface area contributed by atoms with Crippen LogP contribution in [0.1, 0.15) is 29.5 Å². The van der Waals surface area contributed by atoms with Gasteiger partial charge in [-0.25, -0.2) is 13.2 Å². The molecule has 15 heteroatoms. The lowest BCUT2D eigenvalue weighted by Crippen LogP contribution is -2.56. The Morgan fingerprint density at radius 1 is 0.864 bits per heavy atom. The van der Waals surface area contributed by atoms with Gasteiger partial charge in [-0.05, 0) is 61.9 Å². The van der Waals surface area contributed by atoms with E-state index < -0.39 is 68.7 Å². The van der Waals surface area contributed by atoms with Gasteiger partial charge in [-0.3, -0.25) is 9.00 Å². The number of rotatable bonds is 9. The maximum atomic E-state index is 14.2. The van der Waals surface area contributed by atoms with Crippen LogP contribution in [0.4, 0.5) is 39.5 Å². The average molecular weight is 655 g/mol. The van der Waals surface area contributed by atoms with Crippen LogP contribution in [0.25, 0.3) is 0 Å². The first kappa shape index (κ1) is 35.1. The smallest absolute Gasteiger partial charge is 0.362 e. The number of carbonyl (C=O) groups excluding carboxylic acids is 1. The van der Waals surface area contributed by atoms with Crippen LogP contribution in [-0.4, -0.2) is 43.1 Å². The van der Waals surface area contributed by atoms with Crippen molar-refractivity contribution in [3.8, 4) is 0 Å². The first-order valence-corrected chi connectivity index (χ1v) is 14.0. The molecule has 0 radical (unpaired) electrons. The number of hydrogen-bond donors (Lipinski definition) is 2. The fourth-order valence-corrected chi connectivity index (χ4v) is 6.70. The fourth-order valence-electron chi connectivity index (χ4n) is 4.81. The highest BCUT2D eigenvalue weighted by atomic mass is 32.2. The van der Waals surface area contributed by atoms with Gasteiger partial charge in [0.1, 0.15) is 17.5 Å². The zero-order valence-corrected chi connectivity index (χ0v) is 24.0. The molecular formula is C29H27F9N2O3S. The van der Waals surface area contributed by atoms with Crippen molar-refractivity contribution in [3.63, 3.8) is 0 Å². The van der Waals surface area contributed by atoms with E-state index in [1.54, 1.807) is 14.1 Å². The highest BCUT2D eigenvalue weighted by molar-refractivity contribution is 7.86. The van der Waals surface area contributed by atoms with E-state index in [4.69, 9.17) is 4.79 Å². The molecule has 1 saturated carbocycles. The molecular weight excluding hydrogens is 627 g/mol. The highest BCUT2D eigenvalue weighted by Gasteiger charge is 2.73. The maximum absolute atomic E-state index is 14.2. The Hall–Kier alpha value is -3.43. The molecule has 1 amide bonds. The molecule has 0 heterocycles. The minimum absolute atomic E-state index is 0.132. The number of amides is 1. The van der Waals surface area contributed by atoms with Crippen LogP contribution in [0, 0.1) is 17.5 Å². The topological polar surface area (TPSA) is 67.4 Å². The molecule has 2 N–H and O–H groups in total. The molecule has 0 bridgehead atoms. The largest absolute Gasteiger partial charge is 0.430 e. The van der Waals surface area contributed by atoms with Crippen molar-refractivity contribution in [1.29, 1.82) is 0 Å². The number of carbonyl (C=O) groups is 1. The number of hydrogen-bond acceptors (Lipinski definition) is 4. The number of nitrogens with one attached hydrogen (secondary N) is 2. The summed E-state index contributed by atoms with van der Waals surface area (Å²) < 4.78 is 144. The quantitative estimate of drug-likeness (QED) is 0.208. The van der Waals surface area contributed by atoms with E-state index in [1.165, 1.54) is 12.1 Å². The van der Waals surface area contributed by atoms with Crippen molar-refractivity contribution in [3.05, 3.63) is 101 Å². The van der Waals surface area contributed by atoms with E-state index in [2.05, 4.69) is 15.4 Å². The first-order valence-electron chi connectivity index (χ1n) is 12.8. The standard InChI is InChI=1S/C27H22F9NO2S.C2H5NO/c1-37-19-13-24(14-19,40(38)20-11-9-18(28)10-12-20)16-5-7-17(8-6-16)25(26(31,32)33,27(34,35)36)39-15-21-22(29)3-2-4-23(21)30;1-3-2-4/h2-12,19,37H,13-15H2,1H3;2H,1H3,(H,3,4). The molecule has 1 atom stereocenters. The van der Waals surface area contributed by atoms with E-state index >= 15 is 0 Å². The Kier molecular flexibility index (Phi) is 10.9. The van der Waals surface area contributed by atoms with Crippen LogP contribution in [0.2, 0.25) is 0 Å². The van der Waals surface area contributed by atoms with Gasteiger partial charge in [0.05, 0.1) is 22.2 Å². The summed E-state index contributed by atoms with van der Waals surface area (Å²) in [5.41, 5.74) is -7.20. The number of alkyl halides is 6. The molecule has 5 nitrogen and oxygen atoms in total. The Balaban J connectivity index is 0.00000124. The molecule has 1 aliphatic carbocycles. The molecule has 0 spiro atoms. The van der Waals surface area contributed by atoms with E-state index in [-0.39, 0.29) is 29.3 Å². The van der Waals surface area contributed by atoms with Crippen molar-refractivity contribution in [2.24, 2.45) is 0 Å². The summed E-state index contributed by atoms with van der Waals surface area (Å²) >= 11 is 0. The van der Waals surface area contributed by atoms with Gasteiger partial charge in [0, 0.05) is 29.1 Å². The monoisotopic (exact) mass is 654 g/mol. The van der Waals surface area contributed by atoms with Gasteiger partial charge in [0.2, 0.25) is 6.41 Å². The van der Waals surface area contributed by atoms with Crippen molar-refractivity contribution < 1.29 is 53.3 Å². The van der Waals surface area contributed by atoms with Gasteiger partial charge >= 0.3 is 12.4 Å². The molecule has 0 saturated heterocycles. The van der Waals surface area contributed by atoms with E-state index in [0.29, 0.717) is 30.7 Å². The van der Waals surface area contributed by atoms with Crippen LogP contribution in [0.15, 0.2) is 71.6 Å². The van der Waals surface area contributed by atoms with Crippen LogP contribution in [0.3, 0.4) is 0 Å². The number of benzene rings is 3. The SMILES string of the molecule is CNC1CC(c2ccc(C(OCc3c(F)cccc3F)(C(F)(F)F)C(F)(F)F)cc2)(S(=O)c2ccc(F)cc2)C1.CNC=O. The second kappa shape index (κ2) is 13.7. The van der Waals surface area contributed by atoms with Crippen LogP contribution < -0.4 is 10.6 Å². The van der Waals surface area contributed by atoms with Gasteiger partial charge in [-0.2, -0.15) is 26.3 Å². The van der Waals surface area contributed by atoms with E-state index in [0.717, 1.165) is 30.3 Å². The van der Waals surface area contributed by atoms with Crippen molar-refractivity contribution in [2.45, 2.75) is 53.1 Å². The molecule has 3 aromatic rings. The van der Waals surface area contributed by atoms with Gasteiger partial charge < -0.3 is 15.4 Å². The lowest BCUT2D eigenvalue weighted by Gasteiger charge is -2.47. The Morgan fingerprint density at radius 3 is 1.80 bits per heavy atom. The minimum Gasteiger partial charge on any atom is -0.362 e. The molecule has 1 aliphatic rings. The Bertz CT molecular complexity index is 1410. The number of ether oxygens (including phenoxy) is 1. The summed E-state index contributed by atoms with van der Waals surface area (Å²) in [5.74, 6) is -3.32. The van der Waals surface area contributed by atoms with Crippen molar-refractivity contribution in [2.75, 3.05) is 14.1 Å². The highest BCUT2D eigenvalue weighted by Crippen LogP contribution is 2.54. The summed E-state index contributed by atoms with van der Waals surface area (Å²) in [6, 6.07) is 10.0. The van der Waals surface area contributed by atoms with Crippen molar-refractivity contribution >= 4 is 17.2 Å². The van der Waals surface area contributed by atoms with Gasteiger partial charge in [0.25, 0.3) is 5.60 Å². The minimum atomic E-state index is -6.09. The van der Waals surface area contributed by atoms with Gasteiger partial charge in [-0.15, -0.1) is 0 Å². The fraction of sp³-hybridized carbons (Fsp3) is 0.345. The van der Waals surface area contributed by atoms with Crippen LogP contribution in [0.5, 0.6) is 0 Å². The molecule has 240 valence electrons. The second-order valence-corrected chi connectivity index (χ2v) is 11.6. The van der Waals surface area contributed by atoms with Crippen molar-refractivity contribution in [1.82, 2.24) is 10.6 Å². The maximum Gasteiger partial charge on any atom is 0.430 e. The molecule has 0 aromatic heterocycles. The zero-order chi connectivity index (χ0) is 32.9. The Morgan fingerprint density at radius 2 is 1.36 bits per heavy atom. The Labute approximate surface area is 249 Å². The molecule has 0 aliphatic heterocycles. The molecule has 44 heavy (non-hydrogen) atoms. The third-order valence-electron chi connectivity index (χ3n) is 7.17. The average Bonchev–Trinajstić information content (AvgIpc) is 2.94.